The third-order valence-corrected chi connectivity index (χ3v) is 4.20. The van der Waals surface area contributed by atoms with Crippen LogP contribution in [0.1, 0.15) is 20.8 Å². The van der Waals surface area contributed by atoms with Gasteiger partial charge in [0.1, 0.15) is 18.3 Å². The Morgan fingerprint density at radius 3 is 2.74 bits per heavy atom. The first-order valence-corrected chi connectivity index (χ1v) is 8.64. The molecular weight excluding hydrogens is 358 g/mol. The molecule has 1 fully saturated rings. The maximum atomic E-state index is 12.0. The molecule has 2 aliphatic heterocycles. The number of methoxy groups -OCH3 is 1. The van der Waals surface area contributed by atoms with Crippen molar-refractivity contribution in [3.63, 3.8) is 0 Å². The van der Waals surface area contributed by atoms with Crippen LogP contribution in [-0.4, -0.2) is 73.6 Å². The molecule has 0 saturated carbocycles. The van der Waals surface area contributed by atoms with Crippen molar-refractivity contribution in [3.05, 3.63) is 24.5 Å². The molecule has 0 aromatic rings. The number of carbonyl (C=O) groups excluding carboxylic acids is 2. The van der Waals surface area contributed by atoms with Crippen molar-refractivity contribution in [2.75, 3.05) is 20.3 Å². The summed E-state index contributed by atoms with van der Waals surface area (Å²) < 4.78 is 27.3. The number of aliphatic hydroxyl groups is 1. The fraction of sp³-hybridized carbons (Fsp3) is 0.667. The highest BCUT2D eigenvalue weighted by Crippen LogP contribution is 2.30. The third kappa shape index (κ3) is 5.29. The molecule has 2 rings (SSSR count). The summed E-state index contributed by atoms with van der Waals surface area (Å²) in [5.74, 6) is -2.03. The maximum absolute atomic E-state index is 12.0. The number of esters is 1. The van der Waals surface area contributed by atoms with E-state index in [1.165, 1.54) is 26.2 Å². The van der Waals surface area contributed by atoms with Crippen LogP contribution in [0.4, 0.5) is 0 Å². The van der Waals surface area contributed by atoms with E-state index in [1.54, 1.807) is 13.8 Å². The maximum Gasteiger partial charge on any atom is 0.373 e. The Labute approximate surface area is 158 Å². The number of amides is 1. The first kappa shape index (κ1) is 21.4. The molecule has 9 nitrogen and oxygen atoms in total. The SMILES string of the molecule is C=CCO[C@H]1C=C(C(=O)OC)O[C@@H]([C@H](O)[C@H]2COC(C)(C)O2)[C@@H]1NC(C)=O. The Balaban J connectivity index is 2.32. The Morgan fingerprint density at radius 1 is 1.52 bits per heavy atom. The van der Waals surface area contributed by atoms with Crippen molar-refractivity contribution in [2.45, 2.75) is 57.0 Å². The van der Waals surface area contributed by atoms with Gasteiger partial charge in [0.05, 0.1) is 26.4 Å². The predicted octanol–water partition coefficient (Wildman–Crippen LogP) is 0.0304. The van der Waals surface area contributed by atoms with Gasteiger partial charge in [0.25, 0.3) is 0 Å². The van der Waals surface area contributed by atoms with E-state index in [4.69, 9.17) is 23.7 Å². The molecule has 5 atom stereocenters. The number of rotatable bonds is 7. The monoisotopic (exact) mass is 385 g/mol. The van der Waals surface area contributed by atoms with Crippen LogP contribution in [0.15, 0.2) is 24.5 Å². The molecule has 2 heterocycles. The summed E-state index contributed by atoms with van der Waals surface area (Å²) in [5, 5.41) is 13.6. The Morgan fingerprint density at radius 2 is 2.22 bits per heavy atom. The number of ether oxygens (including phenoxy) is 5. The lowest BCUT2D eigenvalue weighted by Gasteiger charge is -2.40. The molecule has 9 heteroatoms. The van der Waals surface area contributed by atoms with Crippen LogP contribution < -0.4 is 5.32 Å². The summed E-state index contributed by atoms with van der Waals surface area (Å²) in [5.41, 5.74) is 0. The van der Waals surface area contributed by atoms with Crippen molar-refractivity contribution < 1.29 is 38.4 Å². The summed E-state index contributed by atoms with van der Waals surface area (Å²) in [6.45, 7) is 8.69. The second-order valence-corrected chi connectivity index (χ2v) is 6.78. The minimum absolute atomic E-state index is 0.115. The summed E-state index contributed by atoms with van der Waals surface area (Å²) in [6, 6.07) is -0.766. The van der Waals surface area contributed by atoms with Crippen molar-refractivity contribution in [1.82, 2.24) is 5.32 Å². The van der Waals surface area contributed by atoms with Gasteiger partial charge in [-0.05, 0) is 19.9 Å². The van der Waals surface area contributed by atoms with E-state index in [9.17, 15) is 14.7 Å². The average Bonchev–Trinajstić information content (AvgIpc) is 2.98. The number of carbonyl (C=O) groups is 2. The fourth-order valence-corrected chi connectivity index (χ4v) is 3.02. The molecule has 0 aromatic carbocycles. The van der Waals surface area contributed by atoms with Crippen molar-refractivity contribution in [1.29, 1.82) is 0 Å². The molecule has 0 aromatic heterocycles. The van der Waals surface area contributed by atoms with Crippen molar-refractivity contribution in [2.24, 2.45) is 0 Å². The van der Waals surface area contributed by atoms with Crippen LogP contribution in [0, 0.1) is 0 Å². The normalized spacial score (nSPS) is 30.6. The first-order valence-electron chi connectivity index (χ1n) is 8.64. The molecule has 1 saturated heterocycles. The molecule has 0 aliphatic carbocycles. The van der Waals surface area contributed by atoms with Crippen LogP contribution in [0.25, 0.3) is 0 Å². The van der Waals surface area contributed by atoms with E-state index < -0.39 is 42.2 Å². The van der Waals surface area contributed by atoms with Crippen molar-refractivity contribution >= 4 is 11.9 Å². The lowest BCUT2D eigenvalue weighted by Crippen LogP contribution is -2.60. The van der Waals surface area contributed by atoms with Gasteiger partial charge in [0, 0.05) is 6.92 Å². The number of nitrogens with one attached hydrogen (secondary N) is 1. The van der Waals surface area contributed by atoms with E-state index in [2.05, 4.69) is 11.9 Å². The van der Waals surface area contributed by atoms with Gasteiger partial charge in [0.15, 0.2) is 11.9 Å². The Kier molecular flexibility index (Phi) is 6.99. The minimum Gasteiger partial charge on any atom is -0.478 e. The standard InChI is InChI=1S/C18H27NO8/c1-6-7-24-11-8-12(17(22)23-5)26-16(14(11)19-10(2)20)15(21)13-9-25-18(3,4)27-13/h6,8,11,13-16,21H,1,7,9H2,2-5H3,(H,19,20)/t11-,13+,14+,15+,16+/m0/s1. The molecule has 27 heavy (non-hydrogen) atoms. The van der Waals surface area contributed by atoms with Gasteiger partial charge in [-0.1, -0.05) is 6.08 Å². The van der Waals surface area contributed by atoms with E-state index >= 15 is 0 Å². The highest BCUT2D eigenvalue weighted by molar-refractivity contribution is 5.86. The largest absolute Gasteiger partial charge is 0.478 e. The van der Waals surface area contributed by atoms with E-state index in [0.717, 1.165) is 0 Å². The summed E-state index contributed by atoms with van der Waals surface area (Å²) in [4.78, 5) is 23.7. The quantitative estimate of drug-likeness (QED) is 0.466. The molecular formula is C18H27NO8. The first-order chi connectivity index (χ1) is 12.7. The van der Waals surface area contributed by atoms with Crippen LogP contribution in [0.5, 0.6) is 0 Å². The van der Waals surface area contributed by atoms with Crippen LogP contribution in [0.3, 0.4) is 0 Å². The smallest absolute Gasteiger partial charge is 0.373 e. The zero-order chi connectivity index (χ0) is 20.2. The second kappa shape index (κ2) is 8.83. The molecule has 0 spiro atoms. The van der Waals surface area contributed by atoms with Gasteiger partial charge in [0.2, 0.25) is 11.7 Å². The molecule has 2 N–H and O–H groups in total. The second-order valence-electron chi connectivity index (χ2n) is 6.78. The highest BCUT2D eigenvalue weighted by Gasteiger charge is 2.48. The van der Waals surface area contributed by atoms with E-state index in [1.807, 2.05) is 0 Å². The van der Waals surface area contributed by atoms with Crippen LogP contribution in [-0.2, 0) is 33.3 Å². The minimum atomic E-state index is -1.20. The number of aliphatic hydroxyl groups excluding tert-OH is 1. The van der Waals surface area contributed by atoms with Gasteiger partial charge in [-0.25, -0.2) is 4.79 Å². The van der Waals surface area contributed by atoms with Gasteiger partial charge in [-0.15, -0.1) is 6.58 Å². The molecule has 0 bridgehead atoms. The summed E-state index contributed by atoms with van der Waals surface area (Å²) in [7, 11) is 1.22. The van der Waals surface area contributed by atoms with Gasteiger partial charge in [-0.2, -0.15) is 0 Å². The van der Waals surface area contributed by atoms with E-state index in [-0.39, 0.29) is 24.9 Å². The predicted molar refractivity (Wildman–Crippen MR) is 93.4 cm³/mol. The Bertz CT molecular complexity index is 602. The Hall–Kier alpha value is -1.94. The lowest BCUT2D eigenvalue weighted by molar-refractivity contribution is -0.173. The third-order valence-electron chi connectivity index (χ3n) is 4.20. The van der Waals surface area contributed by atoms with Gasteiger partial charge in [-0.3, -0.25) is 4.79 Å². The van der Waals surface area contributed by atoms with Crippen LogP contribution in [0.2, 0.25) is 0 Å². The van der Waals surface area contributed by atoms with Crippen LogP contribution >= 0.6 is 0 Å². The summed E-state index contributed by atoms with van der Waals surface area (Å²) >= 11 is 0. The highest BCUT2D eigenvalue weighted by atomic mass is 16.7. The molecule has 2 aliphatic rings. The van der Waals surface area contributed by atoms with E-state index in [0.29, 0.717) is 0 Å². The zero-order valence-corrected chi connectivity index (χ0v) is 16.0. The number of hydrogen-bond acceptors (Lipinski definition) is 8. The zero-order valence-electron chi connectivity index (χ0n) is 16.0. The van der Waals surface area contributed by atoms with Gasteiger partial charge < -0.3 is 34.1 Å². The summed E-state index contributed by atoms with van der Waals surface area (Å²) in [6.07, 6.45) is -0.733. The molecule has 0 unspecified atom stereocenters. The average molecular weight is 385 g/mol. The van der Waals surface area contributed by atoms with Crippen molar-refractivity contribution in [3.8, 4) is 0 Å². The fourth-order valence-electron chi connectivity index (χ4n) is 3.02. The van der Waals surface area contributed by atoms with Gasteiger partial charge >= 0.3 is 5.97 Å². The lowest BCUT2D eigenvalue weighted by atomic mass is 9.93. The number of hydrogen-bond donors (Lipinski definition) is 2. The molecule has 1 amide bonds. The molecule has 152 valence electrons. The topological polar surface area (TPSA) is 113 Å². The molecule has 0 radical (unpaired) electrons.